The van der Waals surface area contributed by atoms with Crippen LogP contribution in [0.2, 0.25) is 0 Å². The summed E-state index contributed by atoms with van der Waals surface area (Å²) in [5.41, 5.74) is 0.924. The summed E-state index contributed by atoms with van der Waals surface area (Å²) in [5, 5.41) is 6.91. The van der Waals surface area contributed by atoms with Gasteiger partial charge in [-0.25, -0.2) is 4.98 Å². The highest BCUT2D eigenvalue weighted by Gasteiger charge is 2.10. The second-order valence-corrected chi connectivity index (χ2v) is 5.67. The van der Waals surface area contributed by atoms with Crippen LogP contribution in [0.4, 0.5) is 5.95 Å². The number of hydrogen-bond donors (Lipinski definition) is 2. The van der Waals surface area contributed by atoms with Gasteiger partial charge in [0.2, 0.25) is 11.8 Å². The van der Waals surface area contributed by atoms with Crippen LogP contribution in [0, 0.1) is 6.92 Å². The highest BCUT2D eigenvalue weighted by atomic mass is 16.5. The molecule has 0 spiro atoms. The molecule has 1 heterocycles. The Morgan fingerprint density at radius 2 is 1.90 bits per heavy atom. The number of rotatable bonds is 7. The normalized spacial score (nSPS) is 16.5. The van der Waals surface area contributed by atoms with E-state index >= 15 is 0 Å². The van der Waals surface area contributed by atoms with E-state index in [9.17, 15) is 0 Å². The van der Waals surface area contributed by atoms with Gasteiger partial charge in [-0.3, -0.25) is 0 Å². The Bertz CT molecular complexity index is 417. The van der Waals surface area contributed by atoms with Gasteiger partial charge in [-0.15, -0.1) is 0 Å². The Hall–Kier alpha value is -1.36. The van der Waals surface area contributed by atoms with Gasteiger partial charge in [-0.1, -0.05) is 25.7 Å². The van der Waals surface area contributed by atoms with E-state index in [4.69, 9.17) is 4.74 Å². The van der Waals surface area contributed by atoms with Crippen molar-refractivity contribution in [2.75, 3.05) is 25.0 Å². The van der Waals surface area contributed by atoms with E-state index in [0.717, 1.165) is 18.8 Å². The van der Waals surface area contributed by atoms with Crippen molar-refractivity contribution < 1.29 is 4.74 Å². The van der Waals surface area contributed by atoms with Crippen LogP contribution in [0.5, 0.6) is 5.88 Å². The third-order valence-electron chi connectivity index (χ3n) is 3.82. The molecule has 1 saturated carbocycles. The third kappa shape index (κ3) is 5.87. The Morgan fingerprint density at radius 3 is 2.62 bits per heavy atom. The minimum Gasteiger partial charge on any atom is -0.478 e. The molecule has 2 N–H and O–H groups in total. The van der Waals surface area contributed by atoms with Gasteiger partial charge in [0.05, 0.1) is 6.61 Å². The van der Waals surface area contributed by atoms with Crippen molar-refractivity contribution >= 4 is 5.95 Å². The lowest BCUT2D eigenvalue weighted by atomic mass is 10.1. The van der Waals surface area contributed by atoms with Crippen LogP contribution in [-0.4, -0.2) is 35.7 Å². The zero-order valence-corrected chi connectivity index (χ0v) is 13.3. The summed E-state index contributed by atoms with van der Waals surface area (Å²) in [6.45, 7) is 6.33. The van der Waals surface area contributed by atoms with Gasteiger partial charge in [0.15, 0.2) is 0 Å². The summed E-state index contributed by atoms with van der Waals surface area (Å²) in [6.07, 6.45) is 8.15. The topological polar surface area (TPSA) is 59.1 Å². The predicted molar refractivity (Wildman–Crippen MR) is 85.9 cm³/mol. The Labute approximate surface area is 127 Å². The van der Waals surface area contributed by atoms with Crippen LogP contribution in [-0.2, 0) is 0 Å². The second kappa shape index (κ2) is 8.82. The average Bonchev–Trinajstić information content (AvgIpc) is 2.72. The van der Waals surface area contributed by atoms with Gasteiger partial charge in [-0.2, -0.15) is 4.98 Å². The minimum atomic E-state index is 0.624. The average molecular weight is 292 g/mol. The number of anilines is 1. The zero-order chi connectivity index (χ0) is 14.9. The zero-order valence-electron chi connectivity index (χ0n) is 13.3. The first-order valence-corrected chi connectivity index (χ1v) is 8.23. The fourth-order valence-electron chi connectivity index (χ4n) is 2.77. The molecule has 0 radical (unpaired) electrons. The SMILES string of the molecule is CCOc1cc(C)nc(NCCNC2CCCCCC2)n1. The molecule has 5 nitrogen and oxygen atoms in total. The molecule has 21 heavy (non-hydrogen) atoms. The molecule has 1 aromatic heterocycles. The summed E-state index contributed by atoms with van der Waals surface area (Å²) in [7, 11) is 0. The van der Waals surface area contributed by atoms with Crippen molar-refractivity contribution in [3.05, 3.63) is 11.8 Å². The van der Waals surface area contributed by atoms with Gasteiger partial charge in [0.1, 0.15) is 0 Å². The second-order valence-electron chi connectivity index (χ2n) is 5.67. The van der Waals surface area contributed by atoms with E-state index in [1.165, 1.54) is 38.5 Å². The molecular weight excluding hydrogens is 264 g/mol. The predicted octanol–water partition coefficient (Wildman–Crippen LogP) is 2.91. The van der Waals surface area contributed by atoms with E-state index in [2.05, 4.69) is 20.6 Å². The molecule has 118 valence electrons. The van der Waals surface area contributed by atoms with Gasteiger partial charge in [0.25, 0.3) is 0 Å². The molecule has 1 aliphatic rings. The van der Waals surface area contributed by atoms with Gasteiger partial charge >= 0.3 is 0 Å². The Kier molecular flexibility index (Phi) is 6.73. The van der Waals surface area contributed by atoms with Gasteiger partial charge < -0.3 is 15.4 Å². The molecule has 0 saturated heterocycles. The quantitative estimate of drug-likeness (QED) is 0.598. The lowest BCUT2D eigenvalue weighted by molar-refractivity contribution is 0.326. The molecule has 0 unspecified atom stereocenters. The maximum atomic E-state index is 5.44. The summed E-state index contributed by atoms with van der Waals surface area (Å²) >= 11 is 0. The van der Waals surface area contributed by atoms with Crippen molar-refractivity contribution in [2.24, 2.45) is 0 Å². The molecule has 0 amide bonds. The Balaban J connectivity index is 1.72. The summed E-state index contributed by atoms with van der Waals surface area (Å²) in [5.74, 6) is 1.30. The molecule has 1 aliphatic carbocycles. The standard InChI is InChI=1S/C16H28N4O/c1-3-21-15-12-13(2)19-16(20-15)18-11-10-17-14-8-6-4-5-7-9-14/h12,14,17H,3-11H2,1-2H3,(H,18,19,20). The van der Waals surface area contributed by atoms with Crippen LogP contribution in [0.25, 0.3) is 0 Å². The fourth-order valence-corrected chi connectivity index (χ4v) is 2.77. The number of nitrogens with one attached hydrogen (secondary N) is 2. The molecule has 0 aliphatic heterocycles. The summed E-state index contributed by atoms with van der Waals surface area (Å²) in [6, 6.07) is 2.55. The van der Waals surface area contributed by atoms with E-state index in [1.807, 2.05) is 19.9 Å². The number of nitrogens with zero attached hydrogens (tertiary/aromatic N) is 2. The van der Waals surface area contributed by atoms with Gasteiger partial charge in [0, 0.05) is 30.9 Å². The maximum Gasteiger partial charge on any atom is 0.226 e. The van der Waals surface area contributed by atoms with E-state index < -0.39 is 0 Å². The van der Waals surface area contributed by atoms with E-state index in [-0.39, 0.29) is 0 Å². The van der Waals surface area contributed by atoms with E-state index in [1.54, 1.807) is 0 Å². The first-order valence-electron chi connectivity index (χ1n) is 8.23. The molecule has 5 heteroatoms. The lowest BCUT2D eigenvalue weighted by Crippen LogP contribution is -2.32. The fraction of sp³-hybridized carbons (Fsp3) is 0.750. The maximum absolute atomic E-state index is 5.44. The monoisotopic (exact) mass is 292 g/mol. The van der Waals surface area contributed by atoms with Crippen molar-refractivity contribution in [1.29, 1.82) is 0 Å². The highest BCUT2D eigenvalue weighted by Crippen LogP contribution is 2.17. The summed E-state index contributed by atoms with van der Waals surface area (Å²) in [4.78, 5) is 8.74. The Morgan fingerprint density at radius 1 is 1.14 bits per heavy atom. The van der Waals surface area contributed by atoms with Gasteiger partial charge in [-0.05, 0) is 26.7 Å². The van der Waals surface area contributed by atoms with Crippen molar-refractivity contribution in [3.63, 3.8) is 0 Å². The molecular formula is C16H28N4O. The molecule has 0 aromatic carbocycles. The molecule has 1 aromatic rings. The number of ether oxygens (including phenoxy) is 1. The minimum absolute atomic E-state index is 0.624. The smallest absolute Gasteiger partial charge is 0.226 e. The van der Waals surface area contributed by atoms with Crippen molar-refractivity contribution in [3.8, 4) is 5.88 Å². The van der Waals surface area contributed by atoms with Crippen LogP contribution in [0.15, 0.2) is 6.07 Å². The molecule has 1 fully saturated rings. The first-order chi connectivity index (χ1) is 10.3. The van der Waals surface area contributed by atoms with E-state index in [0.29, 0.717) is 24.5 Å². The van der Waals surface area contributed by atoms with Crippen molar-refractivity contribution in [2.45, 2.75) is 58.4 Å². The van der Waals surface area contributed by atoms with Crippen LogP contribution in [0.3, 0.4) is 0 Å². The van der Waals surface area contributed by atoms with Crippen molar-refractivity contribution in [1.82, 2.24) is 15.3 Å². The first kappa shape index (κ1) is 16.0. The summed E-state index contributed by atoms with van der Waals surface area (Å²) < 4.78 is 5.44. The largest absolute Gasteiger partial charge is 0.478 e. The van der Waals surface area contributed by atoms with Crippen LogP contribution in [0.1, 0.15) is 51.1 Å². The number of aryl methyl sites for hydroxylation is 1. The third-order valence-corrected chi connectivity index (χ3v) is 3.82. The molecule has 0 bridgehead atoms. The molecule has 2 rings (SSSR count). The van der Waals surface area contributed by atoms with Crippen LogP contribution >= 0.6 is 0 Å². The lowest BCUT2D eigenvalue weighted by Gasteiger charge is -2.16. The highest BCUT2D eigenvalue weighted by molar-refractivity contribution is 5.30. The van der Waals surface area contributed by atoms with Crippen LogP contribution < -0.4 is 15.4 Å². The number of aromatic nitrogens is 2. The molecule has 0 atom stereocenters. The number of hydrogen-bond acceptors (Lipinski definition) is 5.